The van der Waals surface area contributed by atoms with Crippen molar-refractivity contribution >= 4 is 28.2 Å². The molecule has 1 aliphatic carbocycles. The van der Waals surface area contributed by atoms with E-state index in [0.29, 0.717) is 10.6 Å². The van der Waals surface area contributed by atoms with Gasteiger partial charge in [-0.15, -0.1) is 11.3 Å². The molecule has 2 aromatic heterocycles. The maximum Gasteiger partial charge on any atom is 0.435 e. The van der Waals surface area contributed by atoms with Crippen LogP contribution < -0.4 is 16.4 Å². The number of nitrogens with one attached hydrogen (secondary N) is 2. The molecule has 0 radical (unpaired) electrons. The fourth-order valence-electron chi connectivity index (χ4n) is 3.57. The maximum atomic E-state index is 13.2. The minimum Gasteiger partial charge on any atom is -0.395 e. The highest BCUT2D eigenvalue weighted by Crippen LogP contribution is 2.38. The average molecular weight is 459 g/mol. The number of anilines is 1. The van der Waals surface area contributed by atoms with Crippen molar-refractivity contribution in [2.75, 3.05) is 18.5 Å². The Balaban J connectivity index is 1.67. The Labute approximate surface area is 180 Å². The normalized spacial score (nSPS) is 13.8. The molecule has 12 heteroatoms. The van der Waals surface area contributed by atoms with Crippen LogP contribution in [0.3, 0.4) is 0 Å². The lowest BCUT2D eigenvalue weighted by Crippen LogP contribution is -2.19. The van der Waals surface area contributed by atoms with Gasteiger partial charge in [-0.3, -0.25) is 14.3 Å². The SMILES string of the molecule is NC(=O)c1c(NC(=O)CCn2cc(CNCCO)c(C(F)(F)F)n2)sc2c1CCCC2. The van der Waals surface area contributed by atoms with E-state index in [1.807, 2.05) is 0 Å². The van der Waals surface area contributed by atoms with Crippen molar-refractivity contribution in [1.29, 1.82) is 0 Å². The lowest BCUT2D eigenvalue weighted by Gasteiger charge is -2.11. The van der Waals surface area contributed by atoms with Crippen molar-refractivity contribution in [2.24, 2.45) is 5.73 Å². The molecule has 5 N–H and O–H groups in total. The Morgan fingerprint density at radius 2 is 2.03 bits per heavy atom. The Morgan fingerprint density at radius 1 is 1.29 bits per heavy atom. The van der Waals surface area contributed by atoms with Crippen LogP contribution in [0.1, 0.15) is 51.3 Å². The second-order valence-electron chi connectivity index (χ2n) is 7.24. The van der Waals surface area contributed by atoms with Crippen molar-refractivity contribution in [3.63, 3.8) is 0 Å². The van der Waals surface area contributed by atoms with E-state index in [-0.39, 0.29) is 38.2 Å². The highest BCUT2D eigenvalue weighted by molar-refractivity contribution is 7.17. The van der Waals surface area contributed by atoms with Crippen molar-refractivity contribution in [3.8, 4) is 0 Å². The summed E-state index contributed by atoms with van der Waals surface area (Å²) in [6.07, 6.45) is 0.0130. The Bertz CT molecular complexity index is 954. The molecule has 0 saturated carbocycles. The number of carbonyl (C=O) groups is 2. The number of hydrogen-bond donors (Lipinski definition) is 4. The molecular weight excluding hydrogens is 435 g/mol. The van der Waals surface area contributed by atoms with Crippen LogP contribution in [0.5, 0.6) is 0 Å². The zero-order valence-corrected chi connectivity index (χ0v) is 17.5. The van der Waals surface area contributed by atoms with Gasteiger partial charge < -0.3 is 21.5 Å². The standard InChI is InChI=1S/C19H24F3N5O3S/c20-19(21,22)16-11(9-24-6-8-28)10-27(26-16)7-5-14(29)25-18-15(17(23)30)12-3-1-2-4-13(12)31-18/h10,24,28H,1-9H2,(H2,23,30)(H,25,29). The van der Waals surface area contributed by atoms with Gasteiger partial charge in [-0.1, -0.05) is 0 Å². The third-order valence-corrected chi connectivity index (χ3v) is 6.16. The van der Waals surface area contributed by atoms with Crippen LogP contribution in [0.15, 0.2) is 6.20 Å². The monoisotopic (exact) mass is 459 g/mol. The molecule has 2 heterocycles. The number of aliphatic hydroxyl groups is 1. The number of fused-ring (bicyclic) bond motifs is 1. The number of aliphatic hydroxyl groups excluding tert-OH is 1. The number of hydrogen-bond acceptors (Lipinski definition) is 6. The number of aryl methyl sites for hydroxylation is 2. The number of halogens is 3. The molecule has 2 amide bonds. The van der Waals surface area contributed by atoms with E-state index in [1.54, 1.807) is 0 Å². The van der Waals surface area contributed by atoms with Gasteiger partial charge >= 0.3 is 6.18 Å². The van der Waals surface area contributed by atoms with Gasteiger partial charge in [0.05, 0.1) is 12.2 Å². The van der Waals surface area contributed by atoms with Crippen LogP contribution in [0, 0.1) is 0 Å². The lowest BCUT2D eigenvalue weighted by atomic mass is 9.95. The van der Waals surface area contributed by atoms with Crippen LogP contribution in [-0.2, 0) is 36.9 Å². The molecule has 0 atom stereocenters. The molecule has 2 aromatic rings. The molecule has 170 valence electrons. The van der Waals surface area contributed by atoms with Gasteiger partial charge in [0.25, 0.3) is 5.91 Å². The summed E-state index contributed by atoms with van der Waals surface area (Å²) < 4.78 is 40.7. The number of rotatable bonds is 9. The molecule has 0 fully saturated rings. The zero-order chi connectivity index (χ0) is 22.6. The minimum atomic E-state index is -4.63. The van der Waals surface area contributed by atoms with Crippen LogP contribution in [-0.4, -0.2) is 39.9 Å². The van der Waals surface area contributed by atoms with E-state index < -0.39 is 23.7 Å². The van der Waals surface area contributed by atoms with E-state index in [9.17, 15) is 22.8 Å². The zero-order valence-electron chi connectivity index (χ0n) is 16.7. The summed E-state index contributed by atoms with van der Waals surface area (Å²) in [6.45, 7) is -0.219. The largest absolute Gasteiger partial charge is 0.435 e. The highest BCUT2D eigenvalue weighted by atomic mass is 32.1. The molecular formula is C19H24F3N5O3S. The predicted molar refractivity (Wildman–Crippen MR) is 109 cm³/mol. The van der Waals surface area contributed by atoms with E-state index in [4.69, 9.17) is 10.8 Å². The van der Waals surface area contributed by atoms with E-state index in [2.05, 4.69) is 15.7 Å². The first kappa shape index (κ1) is 23.2. The number of nitrogens with two attached hydrogens (primary N) is 1. The summed E-state index contributed by atoms with van der Waals surface area (Å²) in [5.74, 6) is -1.04. The number of amides is 2. The van der Waals surface area contributed by atoms with Gasteiger partial charge in [-0.25, -0.2) is 0 Å². The van der Waals surface area contributed by atoms with Gasteiger partial charge in [0.1, 0.15) is 5.00 Å². The number of primary amides is 1. The highest BCUT2D eigenvalue weighted by Gasteiger charge is 2.37. The second-order valence-corrected chi connectivity index (χ2v) is 8.35. The summed E-state index contributed by atoms with van der Waals surface area (Å²) >= 11 is 1.33. The third-order valence-electron chi connectivity index (χ3n) is 4.95. The van der Waals surface area contributed by atoms with Crippen LogP contribution >= 0.6 is 11.3 Å². The topological polar surface area (TPSA) is 122 Å². The summed E-state index contributed by atoms with van der Waals surface area (Å²) in [5, 5.41) is 18.1. The molecule has 0 spiro atoms. The third kappa shape index (κ3) is 5.63. The van der Waals surface area contributed by atoms with Gasteiger partial charge in [0.15, 0.2) is 5.69 Å². The van der Waals surface area contributed by atoms with Crippen LogP contribution in [0.25, 0.3) is 0 Å². The molecule has 0 saturated heterocycles. The number of thiophene rings is 1. The smallest absolute Gasteiger partial charge is 0.395 e. The number of alkyl halides is 3. The summed E-state index contributed by atoms with van der Waals surface area (Å²) in [7, 11) is 0. The molecule has 0 bridgehead atoms. The first-order valence-corrected chi connectivity index (χ1v) is 10.7. The Kier molecular flexibility index (Phi) is 7.34. The van der Waals surface area contributed by atoms with Gasteiger partial charge in [0, 0.05) is 42.7 Å². The number of carbonyl (C=O) groups excluding carboxylic acids is 2. The van der Waals surface area contributed by atoms with Gasteiger partial charge in [0.2, 0.25) is 5.91 Å². The number of nitrogens with zero attached hydrogens (tertiary/aromatic N) is 2. The lowest BCUT2D eigenvalue weighted by molar-refractivity contribution is -0.142. The van der Waals surface area contributed by atoms with Gasteiger partial charge in [-0.05, 0) is 31.2 Å². The van der Waals surface area contributed by atoms with Crippen molar-refractivity contribution in [2.45, 2.75) is 51.4 Å². The molecule has 3 rings (SSSR count). The Hall–Kier alpha value is -2.44. The summed E-state index contributed by atoms with van der Waals surface area (Å²) in [5.41, 5.74) is 5.64. The van der Waals surface area contributed by atoms with E-state index in [1.165, 1.54) is 17.5 Å². The molecule has 0 aliphatic heterocycles. The van der Waals surface area contributed by atoms with Crippen molar-refractivity contribution in [1.82, 2.24) is 15.1 Å². The predicted octanol–water partition coefficient (Wildman–Crippen LogP) is 2.05. The molecule has 0 aromatic carbocycles. The summed E-state index contributed by atoms with van der Waals surface area (Å²) in [6, 6.07) is 0. The first-order valence-electron chi connectivity index (χ1n) is 9.90. The second kappa shape index (κ2) is 9.79. The number of aromatic nitrogens is 2. The van der Waals surface area contributed by atoms with Crippen LogP contribution in [0.2, 0.25) is 0 Å². The van der Waals surface area contributed by atoms with E-state index >= 15 is 0 Å². The average Bonchev–Trinajstić information content (AvgIpc) is 3.27. The quantitative estimate of drug-likeness (QED) is 0.428. The first-order chi connectivity index (χ1) is 14.7. The molecule has 31 heavy (non-hydrogen) atoms. The van der Waals surface area contributed by atoms with Gasteiger partial charge in [-0.2, -0.15) is 18.3 Å². The van der Waals surface area contributed by atoms with E-state index in [0.717, 1.165) is 40.8 Å². The Morgan fingerprint density at radius 3 is 2.71 bits per heavy atom. The maximum absolute atomic E-state index is 13.2. The van der Waals surface area contributed by atoms with Crippen molar-refractivity contribution < 1.29 is 27.9 Å². The molecule has 0 unspecified atom stereocenters. The minimum absolute atomic E-state index is 0.0636. The molecule has 8 nitrogen and oxygen atoms in total. The van der Waals surface area contributed by atoms with Crippen LogP contribution in [0.4, 0.5) is 18.2 Å². The molecule has 1 aliphatic rings. The summed E-state index contributed by atoms with van der Waals surface area (Å²) in [4.78, 5) is 25.3. The van der Waals surface area contributed by atoms with Crippen molar-refractivity contribution in [3.05, 3.63) is 33.5 Å². The fraction of sp³-hybridized carbons (Fsp3) is 0.526. The fourth-order valence-corrected chi connectivity index (χ4v) is 4.88.